The Bertz CT molecular complexity index is 666. The molecule has 0 radical (unpaired) electrons. The summed E-state index contributed by atoms with van der Waals surface area (Å²) >= 11 is 8.37. The van der Waals surface area contributed by atoms with Crippen molar-refractivity contribution in [3.63, 3.8) is 0 Å². The number of hydrazone groups is 1. The summed E-state index contributed by atoms with van der Waals surface area (Å²) < 4.78 is 7.32. The van der Waals surface area contributed by atoms with Crippen LogP contribution in [-0.4, -0.2) is 17.9 Å². The summed E-state index contributed by atoms with van der Waals surface area (Å²) in [7, 11) is 0. The summed E-state index contributed by atoms with van der Waals surface area (Å²) in [6.45, 7) is 1.85. The number of hydrogen-bond donors (Lipinski definition) is 1. The fraction of sp³-hybridized carbons (Fsp3) is 0.200. The quantitative estimate of drug-likeness (QED) is 0.526. The lowest BCUT2D eigenvalue weighted by Crippen LogP contribution is -2.19. The summed E-state index contributed by atoms with van der Waals surface area (Å²) in [5, 5.41) is 3.88. The number of amides is 1. The highest BCUT2D eigenvalue weighted by atomic mass is 79.9. The maximum atomic E-state index is 11.7. The van der Waals surface area contributed by atoms with Crippen molar-refractivity contribution in [1.82, 2.24) is 5.43 Å². The Hall–Kier alpha value is -1.05. The van der Waals surface area contributed by atoms with Crippen LogP contribution in [0.2, 0.25) is 0 Å². The van der Waals surface area contributed by atoms with Crippen LogP contribution in [0.1, 0.15) is 17.1 Å². The van der Waals surface area contributed by atoms with Crippen LogP contribution in [0.25, 0.3) is 0 Å². The van der Waals surface area contributed by atoms with Gasteiger partial charge in [0.05, 0.1) is 16.4 Å². The second kappa shape index (κ2) is 8.55. The van der Waals surface area contributed by atoms with Crippen LogP contribution in [0, 0.1) is 6.92 Å². The SMILES string of the molecule is Cc1oc(/C=N\NC(=O)CSCc2ccccc2Br)cc1Br. The summed E-state index contributed by atoms with van der Waals surface area (Å²) in [6, 6.07) is 9.77. The van der Waals surface area contributed by atoms with E-state index in [4.69, 9.17) is 4.42 Å². The molecule has 1 aromatic carbocycles. The Balaban J connectivity index is 1.73. The highest BCUT2D eigenvalue weighted by Crippen LogP contribution is 2.21. The van der Waals surface area contributed by atoms with Crippen LogP contribution in [0.3, 0.4) is 0 Å². The number of thioether (sulfide) groups is 1. The van der Waals surface area contributed by atoms with E-state index in [0.29, 0.717) is 11.5 Å². The third-order valence-electron chi connectivity index (χ3n) is 2.71. The number of rotatable bonds is 6. The number of carbonyl (C=O) groups excluding carboxylic acids is 1. The molecule has 1 amide bonds. The zero-order valence-corrected chi connectivity index (χ0v) is 15.8. The van der Waals surface area contributed by atoms with Crippen molar-refractivity contribution in [2.45, 2.75) is 12.7 Å². The molecule has 22 heavy (non-hydrogen) atoms. The lowest BCUT2D eigenvalue weighted by Gasteiger charge is -2.03. The molecule has 7 heteroatoms. The number of aryl methyl sites for hydroxylation is 1. The van der Waals surface area contributed by atoms with Gasteiger partial charge in [-0.25, -0.2) is 5.43 Å². The Morgan fingerprint density at radius 1 is 1.36 bits per heavy atom. The predicted octanol–water partition coefficient (Wildman–Crippen LogP) is 4.50. The first-order valence-electron chi connectivity index (χ1n) is 6.45. The standard InChI is InChI=1S/C15H14Br2N2O2S/c1-10-14(17)6-12(21-10)7-18-19-15(20)9-22-8-11-4-2-3-5-13(11)16/h2-7H,8-9H2,1H3,(H,19,20)/b18-7-. The minimum atomic E-state index is -0.143. The number of hydrogen-bond acceptors (Lipinski definition) is 4. The van der Waals surface area contributed by atoms with Crippen LogP contribution in [0.5, 0.6) is 0 Å². The van der Waals surface area contributed by atoms with Crippen LogP contribution in [-0.2, 0) is 10.5 Å². The first-order chi connectivity index (χ1) is 10.6. The topological polar surface area (TPSA) is 54.6 Å². The largest absolute Gasteiger partial charge is 0.459 e. The number of halogens is 2. The van der Waals surface area contributed by atoms with Gasteiger partial charge >= 0.3 is 0 Å². The molecule has 1 heterocycles. The van der Waals surface area contributed by atoms with Gasteiger partial charge in [-0.3, -0.25) is 4.79 Å². The van der Waals surface area contributed by atoms with E-state index >= 15 is 0 Å². The molecule has 0 saturated heterocycles. The number of nitrogens with zero attached hydrogens (tertiary/aromatic N) is 1. The average Bonchev–Trinajstić information content (AvgIpc) is 2.80. The van der Waals surface area contributed by atoms with Crippen molar-refractivity contribution in [2.24, 2.45) is 5.10 Å². The minimum absolute atomic E-state index is 0.143. The summed E-state index contributed by atoms with van der Waals surface area (Å²) in [5.74, 6) is 2.33. The van der Waals surface area contributed by atoms with E-state index in [0.717, 1.165) is 20.5 Å². The maximum Gasteiger partial charge on any atom is 0.250 e. The van der Waals surface area contributed by atoms with Gasteiger partial charge in [0, 0.05) is 16.3 Å². The molecule has 2 rings (SSSR count). The molecule has 4 nitrogen and oxygen atoms in total. The molecule has 0 aliphatic rings. The second-order valence-electron chi connectivity index (χ2n) is 4.43. The molecule has 0 aliphatic heterocycles. The zero-order valence-electron chi connectivity index (χ0n) is 11.8. The summed E-state index contributed by atoms with van der Waals surface area (Å²) in [5.41, 5.74) is 3.65. The van der Waals surface area contributed by atoms with Gasteiger partial charge in [-0.1, -0.05) is 34.1 Å². The van der Waals surface area contributed by atoms with E-state index in [9.17, 15) is 4.79 Å². The molecule has 0 fully saturated rings. The van der Waals surface area contributed by atoms with Crippen LogP contribution < -0.4 is 5.43 Å². The van der Waals surface area contributed by atoms with Crippen molar-refractivity contribution in [3.8, 4) is 0 Å². The van der Waals surface area contributed by atoms with Gasteiger partial charge < -0.3 is 4.42 Å². The van der Waals surface area contributed by atoms with E-state index < -0.39 is 0 Å². The molecule has 0 atom stereocenters. The molecule has 0 spiro atoms. The van der Waals surface area contributed by atoms with Crippen molar-refractivity contribution < 1.29 is 9.21 Å². The van der Waals surface area contributed by atoms with E-state index in [1.807, 2.05) is 31.2 Å². The zero-order chi connectivity index (χ0) is 15.9. The Morgan fingerprint density at radius 3 is 2.82 bits per heavy atom. The Morgan fingerprint density at radius 2 is 2.14 bits per heavy atom. The van der Waals surface area contributed by atoms with E-state index in [1.165, 1.54) is 23.5 Å². The molecular formula is C15H14Br2N2O2S. The molecule has 1 aromatic heterocycles. The van der Waals surface area contributed by atoms with Gasteiger partial charge in [0.15, 0.2) is 0 Å². The molecule has 0 unspecified atom stereocenters. The van der Waals surface area contributed by atoms with Gasteiger partial charge in [0.2, 0.25) is 5.91 Å². The number of benzene rings is 1. The molecular weight excluding hydrogens is 432 g/mol. The smallest absolute Gasteiger partial charge is 0.250 e. The van der Waals surface area contributed by atoms with Gasteiger partial charge in [0.25, 0.3) is 0 Å². The summed E-state index contributed by atoms with van der Waals surface area (Å²) in [6.07, 6.45) is 1.48. The third kappa shape index (κ3) is 5.30. The summed E-state index contributed by atoms with van der Waals surface area (Å²) in [4.78, 5) is 11.7. The molecule has 0 aliphatic carbocycles. The van der Waals surface area contributed by atoms with Crippen LogP contribution in [0.4, 0.5) is 0 Å². The molecule has 0 saturated carbocycles. The van der Waals surface area contributed by atoms with E-state index in [2.05, 4.69) is 42.4 Å². The average molecular weight is 446 g/mol. The van der Waals surface area contributed by atoms with Gasteiger partial charge in [-0.05, 0) is 34.5 Å². The van der Waals surface area contributed by atoms with Gasteiger partial charge in [-0.2, -0.15) is 5.10 Å². The molecule has 2 aromatic rings. The van der Waals surface area contributed by atoms with Crippen molar-refractivity contribution in [3.05, 3.63) is 56.4 Å². The number of carbonyl (C=O) groups is 1. The van der Waals surface area contributed by atoms with Crippen molar-refractivity contribution in [1.29, 1.82) is 0 Å². The number of nitrogens with one attached hydrogen (secondary N) is 1. The normalized spacial score (nSPS) is 11.0. The third-order valence-corrected chi connectivity index (χ3v) is 5.25. The molecule has 0 bridgehead atoms. The monoisotopic (exact) mass is 444 g/mol. The first kappa shape index (κ1) is 17.3. The van der Waals surface area contributed by atoms with Crippen LogP contribution in [0.15, 0.2) is 48.8 Å². The Labute approximate surface area is 150 Å². The van der Waals surface area contributed by atoms with Crippen molar-refractivity contribution >= 4 is 55.7 Å². The highest BCUT2D eigenvalue weighted by molar-refractivity contribution is 9.10. The Kier molecular flexibility index (Phi) is 6.72. The maximum absolute atomic E-state index is 11.7. The van der Waals surface area contributed by atoms with Gasteiger partial charge in [0.1, 0.15) is 11.5 Å². The lowest BCUT2D eigenvalue weighted by molar-refractivity contribution is -0.118. The van der Waals surface area contributed by atoms with E-state index in [-0.39, 0.29) is 5.91 Å². The van der Waals surface area contributed by atoms with E-state index in [1.54, 1.807) is 6.07 Å². The highest BCUT2D eigenvalue weighted by Gasteiger charge is 2.04. The van der Waals surface area contributed by atoms with Crippen molar-refractivity contribution in [2.75, 3.05) is 5.75 Å². The fourth-order valence-electron chi connectivity index (χ4n) is 1.61. The molecule has 116 valence electrons. The van der Waals surface area contributed by atoms with Gasteiger partial charge in [-0.15, -0.1) is 11.8 Å². The minimum Gasteiger partial charge on any atom is -0.459 e. The fourth-order valence-corrected chi connectivity index (χ4v) is 3.36. The lowest BCUT2D eigenvalue weighted by atomic mass is 10.2. The first-order valence-corrected chi connectivity index (χ1v) is 9.19. The number of furan rings is 1. The second-order valence-corrected chi connectivity index (χ2v) is 7.12. The predicted molar refractivity (Wildman–Crippen MR) is 97.2 cm³/mol. The molecule has 1 N–H and O–H groups in total. The van der Waals surface area contributed by atoms with Crippen LogP contribution >= 0.6 is 43.6 Å².